The number of methoxy groups -OCH3 is 1. The predicted octanol–water partition coefficient (Wildman–Crippen LogP) is 1.02. The van der Waals surface area contributed by atoms with Crippen molar-refractivity contribution < 1.29 is 19.7 Å². The number of aliphatic hydroxyl groups excluding tert-OH is 2. The zero-order valence-corrected chi connectivity index (χ0v) is 13.3. The molecule has 1 unspecified atom stereocenters. The Kier molecular flexibility index (Phi) is 3.60. The van der Waals surface area contributed by atoms with E-state index in [0.29, 0.717) is 17.4 Å². The van der Waals surface area contributed by atoms with Crippen molar-refractivity contribution in [3.63, 3.8) is 0 Å². The lowest BCUT2D eigenvalue weighted by Gasteiger charge is -2.18. The molecule has 24 heavy (non-hydrogen) atoms. The molecule has 4 atom stereocenters. The first-order valence-electron chi connectivity index (χ1n) is 7.74. The number of hydrogen-bond donors (Lipinski definition) is 2. The van der Waals surface area contributed by atoms with Gasteiger partial charge in [-0.15, -0.1) is 0 Å². The molecule has 2 aromatic heterocycles. The summed E-state index contributed by atoms with van der Waals surface area (Å²) in [7, 11) is 1.56. The zero-order valence-electron chi connectivity index (χ0n) is 13.3. The van der Waals surface area contributed by atoms with Crippen LogP contribution in [-0.4, -0.2) is 56.6 Å². The lowest BCUT2D eigenvalue weighted by atomic mass is 10.0. The molecule has 4 heterocycles. The summed E-state index contributed by atoms with van der Waals surface area (Å²) < 4.78 is 12.9. The number of nitrogens with zero attached hydrogens (tertiary/aromatic N) is 4. The first-order chi connectivity index (χ1) is 11.6. The third-order valence-corrected chi connectivity index (χ3v) is 4.59. The van der Waals surface area contributed by atoms with Crippen LogP contribution in [-0.2, 0) is 9.47 Å². The fraction of sp³-hybridized carbons (Fsp3) is 0.438. The van der Waals surface area contributed by atoms with E-state index in [2.05, 4.69) is 15.0 Å². The van der Waals surface area contributed by atoms with Gasteiger partial charge in [-0.3, -0.25) is 0 Å². The molecular formula is C16H18N4O4. The maximum Gasteiger partial charge on any atom is 0.215 e. The smallest absolute Gasteiger partial charge is 0.215 e. The molecule has 0 aromatic carbocycles. The molecule has 0 amide bonds. The molecule has 0 aliphatic carbocycles. The van der Waals surface area contributed by atoms with E-state index in [1.807, 2.05) is 23.8 Å². The molecule has 0 radical (unpaired) electrons. The van der Waals surface area contributed by atoms with Gasteiger partial charge in [-0.25, -0.2) is 9.97 Å². The minimum Gasteiger partial charge on any atom is -0.481 e. The van der Waals surface area contributed by atoms with Gasteiger partial charge in [-0.1, -0.05) is 6.92 Å². The van der Waals surface area contributed by atoms with E-state index in [4.69, 9.17) is 9.47 Å². The summed E-state index contributed by atoms with van der Waals surface area (Å²) in [4.78, 5) is 13.0. The second-order valence-corrected chi connectivity index (χ2v) is 5.97. The van der Waals surface area contributed by atoms with Crippen LogP contribution in [0.1, 0.15) is 18.7 Å². The second kappa shape index (κ2) is 5.66. The minimum atomic E-state index is -0.733. The predicted molar refractivity (Wildman–Crippen MR) is 86.8 cm³/mol. The van der Waals surface area contributed by atoms with Crippen molar-refractivity contribution in [2.75, 3.05) is 13.7 Å². The first kappa shape index (κ1) is 15.3. The van der Waals surface area contributed by atoms with Crippen LogP contribution >= 0.6 is 0 Å². The van der Waals surface area contributed by atoms with Gasteiger partial charge in [-0.2, -0.15) is 4.99 Å². The van der Waals surface area contributed by atoms with Gasteiger partial charge in [0.2, 0.25) is 5.90 Å². The zero-order chi connectivity index (χ0) is 16.8. The molecule has 0 saturated carbocycles. The van der Waals surface area contributed by atoms with E-state index < -0.39 is 18.4 Å². The number of aliphatic hydroxyl groups is 2. The first-order valence-corrected chi connectivity index (χ1v) is 7.74. The summed E-state index contributed by atoms with van der Waals surface area (Å²) in [6.07, 6.45) is 5.25. The van der Waals surface area contributed by atoms with E-state index in [1.165, 1.54) is 6.33 Å². The molecule has 8 nitrogen and oxygen atoms in total. The third-order valence-electron chi connectivity index (χ3n) is 4.59. The molecule has 8 heteroatoms. The molecule has 1 saturated heterocycles. The molecule has 1 fully saturated rings. The maximum absolute atomic E-state index is 10.2. The van der Waals surface area contributed by atoms with E-state index in [9.17, 15) is 10.2 Å². The molecule has 126 valence electrons. The van der Waals surface area contributed by atoms with Crippen molar-refractivity contribution in [1.82, 2.24) is 14.5 Å². The third kappa shape index (κ3) is 2.15. The van der Waals surface area contributed by atoms with Crippen LogP contribution in [0.5, 0.6) is 0 Å². The van der Waals surface area contributed by atoms with Crippen LogP contribution in [0.15, 0.2) is 23.6 Å². The molecule has 2 aromatic rings. The van der Waals surface area contributed by atoms with Crippen LogP contribution in [0.3, 0.4) is 0 Å². The van der Waals surface area contributed by atoms with Crippen LogP contribution in [0.2, 0.25) is 0 Å². The van der Waals surface area contributed by atoms with Gasteiger partial charge in [0, 0.05) is 23.8 Å². The normalized spacial score (nSPS) is 28.9. The van der Waals surface area contributed by atoms with E-state index in [1.54, 1.807) is 13.2 Å². The molecule has 2 aliphatic heterocycles. The summed E-state index contributed by atoms with van der Waals surface area (Å²) in [6, 6.07) is 0. The van der Waals surface area contributed by atoms with Gasteiger partial charge in [0.15, 0.2) is 5.82 Å². The van der Waals surface area contributed by atoms with Crippen molar-refractivity contribution >= 4 is 28.8 Å². The lowest BCUT2D eigenvalue weighted by Crippen LogP contribution is -2.28. The van der Waals surface area contributed by atoms with Crippen LogP contribution in [0.25, 0.3) is 17.1 Å². The Hall–Kier alpha value is -2.29. The fourth-order valence-corrected chi connectivity index (χ4v) is 3.28. The van der Waals surface area contributed by atoms with Crippen molar-refractivity contribution in [3.8, 4) is 0 Å². The Morgan fingerprint density at radius 3 is 2.88 bits per heavy atom. The van der Waals surface area contributed by atoms with E-state index in [-0.39, 0.29) is 12.5 Å². The van der Waals surface area contributed by atoms with Gasteiger partial charge in [0.1, 0.15) is 24.3 Å². The highest BCUT2D eigenvalue weighted by Crippen LogP contribution is 2.39. The highest BCUT2D eigenvalue weighted by Gasteiger charge is 2.42. The summed E-state index contributed by atoms with van der Waals surface area (Å²) in [5.74, 6) is 0.813. The molecule has 2 aliphatic rings. The van der Waals surface area contributed by atoms with Crippen LogP contribution in [0, 0.1) is 5.92 Å². The molecule has 0 spiro atoms. The Balaban J connectivity index is 1.86. The van der Waals surface area contributed by atoms with Gasteiger partial charge in [0.05, 0.1) is 25.2 Å². The number of hydrogen-bond acceptors (Lipinski definition) is 7. The van der Waals surface area contributed by atoms with Gasteiger partial charge in [-0.05, 0) is 6.08 Å². The monoisotopic (exact) mass is 330 g/mol. The van der Waals surface area contributed by atoms with Crippen molar-refractivity contribution in [2.45, 2.75) is 25.4 Å². The quantitative estimate of drug-likeness (QED) is 0.852. The number of aliphatic imine (C=N–C) groups is 1. The lowest BCUT2D eigenvalue weighted by molar-refractivity contribution is -0.0445. The highest BCUT2D eigenvalue weighted by molar-refractivity contribution is 6.04. The highest BCUT2D eigenvalue weighted by atomic mass is 16.5. The molecule has 0 bridgehead atoms. The maximum atomic E-state index is 10.2. The Morgan fingerprint density at radius 1 is 1.33 bits per heavy atom. The fourth-order valence-electron chi connectivity index (χ4n) is 3.28. The standard InChI is InChI=1S/C16H18N4O4/c1-8-13(22)10(6-21)24-16(8)20-5-9-3-4-11(23-2)19-14-12(9)15(20)18-7-17-14/h3-5,7-8,10,13,16,21-22H,6H2,1-2H3/t8-,10+,13-,16?/m0/s1. The Labute approximate surface area is 138 Å². The molecule has 4 rings (SSSR count). The Bertz CT molecular complexity index is 844. The topological polar surface area (TPSA) is 102 Å². The number of ether oxygens (including phenoxy) is 2. The number of rotatable bonds is 2. The summed E-state index contributed by atoms with van der Waals surface area (Å²) >= 11 is 0. The average molecular weight is 330 g/mol. The minimum absolute atomic E-state index is 0.186. The Morgan fingerprint density at radius 2 is 2.17 bits per heavy atom. The molecular weight excluding hydrogens is 312 g/mol. The second-order valence-electron chi connectivity index (χ2n) is 5.97. The van der Waals surface area contributed by atoms with Gasteiger partial charge in [0.25, 0.3) is 0 Å². The molecule has 2 N–H and O–H groups in total. The van der Waals surface area contributed by atoms with Crippen LogP contribution < -0.4 is 0 Å². The number of aromatic nitrogens is 3. The van der Waals surface area contributed by atoms with Crippen LogP contribution in [0.4, 0.5) is 5.82 Å². The van der Waals surface area contributed by atoms with E-state index in [0.717, 1.165) is 10.9 Å². The average Bonchev–Trinajstić information content (AvgIpc) is 3.03. The van der Waals surface area contributed by atoms with Crippen molar-refractivity contribution in [3.05, 3.63) is 24.2 Å². The van der Waals surface area contributed by atoms with Crippen molar-refractivity contribution in [2.24, 2.45) is 10.9 Å². The largest absolute Gasteiger partial charge is 0.481 e. The summed E-state index contributed by atoms with van der Waals surface area (Å²) in [5, 5.41) is 20.4. The van der Waals surface area contributed by atoms with E-state index >= 15 is 0 Å². The summed E-state index contributed by atoms with van der Waals surface area (Å²) in [5.41, 5.74) is 1.57. The summed E-state index contributed by atoms with van der Waals surface area (Å²) in [6.45, 7) is 1.66. The van der Waals surface area contributed by atoms with Gasteiger partial charge < -0.3 is 24.3 Å². The van der Waals surface area contributed by atoms with Gasteiger partial charge >= 0.3 is 0 Å². The SMILES string of the molecule is COC1=Nc2ncnc3c2c(cn3C2O[C@H](CO)[C@@H](O)[C@@H]2C)C=C1. The van der Waals surface area contributed by atoms with Crippen molar-refractivity contribution in [1.29, 1.82) is 0 Å².